The summed E-state index contributed by atoms with van der Waals surface area (Å²) < 4.78 is 24.7. The highest BCUT2D eigenvalue weighted by molar-refractivity contribution is 9.11. The topological polar surface area (TPSA) is 111 Å². The second-order valence-electron chi connectivity index (χ2n) is 10.4. The van der Waals surface area contributed by atoms with Gasteiger partial charge in [-0.2, -0.15) is 0 Å². The molecule has 8 heterocycles. The van der Waals surface area contributed by atoms with Gasteiger partial charge < -0.3 is 34.1 Å². The SMILES string of the molecule is Brc1ccc(N2CC3(C2)OCCO3)nc1.C1COC2(CNC2)O1.Cc1ccc(Br)cn1.O=C1CN(c2ccc(Br)cn2)C1. The van der Waals surface area contributed by atoms with Crippen LogP contribution in [0.1, 0.15) is 5.69 Å². The zero-order valence-electron chi connectivity index (χ0n) is 23.7. The van der Waals surface area contributed by atoms with Crippen molar-refractivity contribution in [1.82, 2.24) is 20.3 Å². The van der Waals surface area contributed by atoms with Crippen molar-refractivity contribution in [2.24, 2.45) is 0 Å². The smallest absolute Gasteiger partial charge is 0.204 e. The first-order valence-electron chi connectivity index (χ1n) is 13.8. The van der Waals surface area contributed by atoms with E-state index in [0.717, 1.165) is 70.1 Å². The van der Waals surface area contributed by atoms with Crippen LogP contribution in [0.25, 0.3) is 0 Å². The van der Waals surface area contributed by atoms with Crippen molar-refractivity contribution in [3.63, 3.8) is 0 Å². The second-order valence-corrected chi connectivity index (χ2v) is 13.1. The van der Waals surface area contributed by atoms with Crippen LogP contribution in [-0.4, -0.2) is 98.0 Å². The molecule has 8 rings (SSSR count). The summed E-state index contributed by atoms with van der Waals surface area (Å²) in [7, 11) is 0. The van der Waals surface area contributed by atoms with E-state index in [9.17, 15) is 4.79 Å². The summed E-state index contributed by atoms with van der Waals surface area (Å²) in [5, 5.41) is 3.09. The van der Waals surface area contributed by atoms with Gasteiger partial charge in [-0.3, -0.25) is 9.78 Å². The number of halogens is 3. The molecule has 230 valence electrons. The van der Waals surface area contributed by atoms with E-state index in [0.29, 0.717) is 26.3 Å². The minimum absolute atomic E-state index is 0.194. The molecule has 1 N–H and O–H groups in total. The number of carbonyl (C=O) groups excluding carboxylic acids is 1. The Morgan fingerprint density at radius 2 is 1.14 bits per heavy atom. The maximum absolute atomic E-state index is 10.7. The molecule has 14 heteroatoms. The molecule has 0 amide bonds. The van der Waals surface area contributed by atoms with E-state index < -0.39 is 0 Å². The number of aromatic nitrogens is 3. The average Bonchev–Trinajstić information content (AvgIpc) is 3.66. The maximum atomic E-state index is 10.7. The number of hydrogen-bond acceptors (Lipinski definition) is 11. The highest BCUT2D eigenvalue weighted by atomic mass is 79.9. The summed E-state index contributed by atoms with van der Waals surface area (Å²) in [6, 6.07) is 11.7. The van der Waals surface area contributed by atoms with Crippen molar-refractivity contribution >= 4 is 65.2 Å². The molecule has 0 atom stereocenters. The Labute approximate surface area is 276 Å². The third-order valence-corrected chi connectivity index (χ3v) is 8.37. The van der Waals surface area contributed by atoms with E-state index in [2.05, 4.69) is 73.0 Å². The quantitative estimate of drug-likeness (QED) is 0.406. The fourth-order valence-electron chi connectivity index (χ4n) is 4.51. The van der Waals surface area contributed by atoms with Gasteiger partial charge in [0.25, 0.3) is 0 Å². The van der Waals surface area contributed by atoms with Gasteiger partial charge in [-0.1, -0.05) is 0 Å². The summed E-state index contributed by atoms with van der Waals surface area (Å²) in [6.45, 7) is 9.23. The number of nitrogens with zero attached hydrogens (tertiary/aromatic N) is 5. The van der Waals surface area contributed by atoms with Crippen LogP contribution in [0.15, 0.2) is 68.4 Å². The summed E-state index contributed by atoms with van der Waals surface area (Å²) in [4.78, 5) is 27.3. The molecular weight excluding hydrogens is 752 g/mol. The number of anilines is 2. The largest absolute Gasteiger partial charge is 0.346 e. The molecule has 0 bridgehead atoms. The molecule has 43 heavy (non-hydrogen) atoms. The number of aryl methyl sites for hydroxylation is 1. The molecule has 3 aromatic heterocycles. The van der Waals surface area contributed by atoms with E-state index in [-0.39, 0.29) is 17.4 Å². The molecule has 0 saturated carbocycles. The van der Waals surface area contributed by atoms with Crippen molar-refractivity contribution in [2.45, 2.75) is 18.5 Å². The van der Waals surface area contributed by atoms with E-state index >= 15 is 0 Å². The first-order chi connectivity index (χ1) is 20.7. The predicted octanol–water partition coefficient (Wildman–Crippen LogP) is 4.13. The second kappa shape index (κ2) is 14.8. The minimum atomic E-state index is -0.339. The fraction of sp³-hybridized carbons (Fsp3) is 0.448. The van der Waals surface area contributed by atoms with Crippen LogP contribution in [0.3, 0.4) is 0 Å². The van der Waals surface area contributed by atoms with Crippen LogP contribution in [0.2, 0.25) is 0 Å². The number of rotatable bonds is 2. The average molecular weight is 785 g/mol. The number of carbonyl (C=O) groups is 1. The highest BCUT2D eigenvalue weighted by Gasteiger charge is 2.48. The van der Waals surface area contributed by atoms with Crippen LogP contribution in [0.5, 0.6) is 0 Å². The van der Waals surface area contributed by atoms with Crippen molar-refractivity contribution < 1.29 is 23.7 Å². The Balaban J connectivity index is 0.000000118. The van der Waals surface area contributed by atoms with Crippen molar-refractivity contribution in [2.75, 3.05) is 75.5 Å². The van der Waals surface area contributed by atoms with Crippen LogP contribution in [0.4, 0.5) is 11.6 Å². The molecule has 3 aromatic rings. The first-order valence-corrected chi connectivity index (χ1v) is 16.2. The van der Waals surface area contributed by atoms with Crippen LogP contribution >= 0.6 is 47.8 Å². The molecule has 5 fully saturated rings. The van der Waals surface area contributed by atoms with Crippen molar-refractivity contribution in [1.29, 1.82) is 0 Å². The van der Waals surface area contributed by atoms with Gasteiger partial charge in [0.2, 0.25) is 5.79 Å². The third-order valence-electron chi connectivity index (χ3n) is 6.96. The van der Waals surface area contributed by atoms with Gasteiger partial charge in [0.05, 0.1) is 65.7 Å². The lowest BCUT2D eigenvalue weighted by Crippen LogP contribution is -2.63. The molecule has 11 nitrogen and oxygen atoms in total. The Morgan fingerprint density at radius 3 is 1.49 bits per heavy atom. The van der Waals surface area contributed by atoms with Gasteiger partial charge >= 0.3 is 0 Å². The molecule has 5 saturated heterocycles. The first kappa shape index (κ1) is 32.4. The number of hydrogen-bond donors (Lipinski definition) is 1. The molecule has 0 unspecified atom stereocenters. The standard InChI is InChI=1S/C10H11BrN2O2.C8H7BrN2O.C6H6BrN.C5H9NO2/c11-8-1-2-9(12-5-8)13-6-10(7-13)14-3-4-15-10;9-6-1-2-8(10-3-6)11-4-7(12)5-11;1-5-2-3-6(7)4-8-5;1-2-8-5(7-1)3-6-4-5/h1-2,5H,3-4,6-7H2;1-3H,4-5H2;2-4H,1H3;6H,1-4H2. The Morgan fingerprint density at radius 1 is 0.674 bits per heavy atom. The Hall–Kier alpha value is -2.04. The van der Waals surface area contributed by atoms with Gasteiger partial charge in [0, 0.05) is 37.7 Å². The predicted molar refractivity (Wildman–Crippen MR) is 172 cm³/mol. The zero-order valence-corrected chi connectivity index (χ0v) is 28.4. The number of nitrogens with one attached hydrogen (secondary N) is 1. The van der Waals surface area contributed by atoms with Crippen LogP contribution < -0.4 is 15.1 Å². The van der Waals surface area contributed by atoms with Crippen molar-refractivity contribution in [3.8, 4) is 0 Å². The lowest BCUT2D eigenvalue weighted by Gasteiger charge is -2.46. The lowest BCUT2D eigenvalue weighted by molar-refractivity contribution is -0.186. The van der Waals surface area contributed by atoms with Gasteiger partial charge in [-0.05, 0) is 91.1 Å². The number of Topliss-reactive ketones (excluding diaryl/α,β-unsaturated/α-hetero) is 1. The number of ether oxygens (including phenoxy) is 4. The normalized spacial score (nSPS) is 20.4. The lowest BCUT2D eigenvalue weighted by atomic mass is 10.1. The molecule has 5 aliphatic heterocycles. The molecular formula is C29H33Br3N6O5. The third kappa shape index (κ3) is 9.01. The van der Waals surface area contributed by atoms with Gasteiger partial charge in [-0.25, -0.2) is 9.97 Å². The van der Waals surface area contributed by atoms with Gasteiger partial charge in [0.15, 0.2) is 11.6 Å². The molecule has 2 spiro atoms. The Bertz CT molecular complexity index is 1300. The monoisotopic (exact) mass is 782 g/mol. The molecule has 0 aliphatic carbocycles. The molecule has 5 aliphatic rings. The molecule has 0 aromatic carbocycles. The number of pyridine rings is 3. The highest BCUT2D eigenvalue weighted by Crippen LogP contribution is 2.33. The zero-order chi connectivity index (χ0) is 30.3. The fourth-order valence-corrected chi connectivity index (χ4v) is 5.21. The maximum Gasteiger partial charge on any atom is 0.204 e. The van der Waals surface area contributed by atoms with Gasteiger partial charge in [0.1, 0.15) is 11.6 Å². The van der Waals surface area contributed by atoms with E-state index in [4.69, 9.17) is 18.9 Å². The summed E-state index contributed by atoms with van der Waals surface area (Å²) in [5.41, 5.74) is 1.05. The van der Waals surface area contributed by atoms with Crippen molar-refractivity contribution in [3.05, 3.63) is 74.1 Å². The summed E-state index contributed by atoms with van der Waals surface area (Å²) in [6.07, 6.45) is 5.32. The van der Waals surface area contributed by atoms with Crippen LogP contribution in [0, 0.1) is 6.92 Å². The summed E-state index contributed by atoms with van der Waals surface area (Å²) in [5.74, 6) is 1.59. The minimum Gasteiger partial charge on any atom is -0.346 e. The van der Waals surface area contributed by atoms with E-state index in [1.807, 2.05) is 48.2 Å². The summed E-state index contributed by atoms with van der Waals surface area (Å²) >= 11 is 9.95. The number of ketones is 1. The van der Waals surface area contributed by atoms with Crippen LogP contribution in [-0.2, 0) is 23.7 Å². The van der Waals surface area contributed by atoms with Gasteiger partial charge in [-0.15, -0.1) is 0 Å². The van der Waals surface area contributed by atoms with E-state index in [1.54, 1.807) is 18.6 Å². The Kier molecular flexibility index (Phi) is 11.2. The molecule has 0 radical (unpaired) electrons. The van der Waals surface area contributed by atoms with E-state index in [1.165, 1.54) is 0 Å².